The molecule has 0 bridgehead atoms. The number of nitrogen functional groups attached to an aromatic ring is 1. The molecule has 0 aliphatic carbocycles. The average Bonchev–Trinajstić information content (AvgIpc) is 2.99. The van der Waals surface area contributed by atoms with Crippen molar-refractivity contribution in [1.82, 2.24) is 9.97 Å². The maximum atomic E-state index is 6.86. The number of nitrogens with zero attached hydrogens (tertiary/aromatic N) is 4. The first kappa shape index (κ1) is 38.9. The van der Waals surface area contributed by atoms with Crippen molar-refractivity contribution in [3.63, 3.8) is 0 Å². The molecule has 0 unspecified atom stereocenters. The van der Waals surface area contributed by atoms with Crippen molar-refractivity contribution in [3.8, 4) is 108 Å². The van der Waals surface area contributed by atoms with E-state index in [-0.39, 0.29) is 24.5 Å². The standard InChI is InChI=1S/C18H27N3.C18H2.CH4.HN3.12H2/c1-3-5-7-8-10-16-15(9-6-4-2)21-18-13-14(19)11-12-17(18)20-16;1-3-5-7-9-11-13-15-17-18-16-14-12-10-8-6-4-2;;1-3-2;;;;;;;;;;;;/h11-13H,3-10,19H2,1-2H3;1-2H;1H4;1H;12*1H. The van der Waals surface area contributed by atoms with Crippen molar-refractivity contribution in [1.29, 1.82) is 5.53 Å². The molecule has 0 spiro atoms. The molecule has 236 valence electrons. The minimum absolute atomic E-state index is 0. The van der Waals surface area contributed by atoms with Crippen LogP contribution in [-0.2, 0) is 12.8 Å². The van der Waals surface area contributed by atoms with Gasteiger partial charge in [0.25, 0.3) is 0 Å². The van der Waals surface area contributed by atoms with E-state index in [1.54, 1.807) is 4.91 Å². The summed E-state index contributed by atoms with van der Waals surface area (Å²) in [5.74, 6) is 38.2. The molecule has 0 atom stereocenters. The van der Waals surface area contributed by atoms with Crippen molar-refractivity contribution in [2.75, 3.05) is 5.73 Å². The molecule has 3 N–H and O–H groups in total. The minimum atomic E-state index is 0. The number of nitrogens with two attached hydrogens (primary N) is 1. The summed E-state index contributed by atoms with van der Waals surface area (Å²) in [7, 11) is 0. The molecule has 6 heteroatoms. The normalized spacial score (nSPS) is 7.16. The van der Waals surface area contributed by atoms with Crippen LogP contribution in [0.2, 0.25) is 0 Å². The van der Waals surface area contributed by atoms with Crippen LogP contribution in [0.1, 0.15) is 88.3 Å². The van der Waals surface area contributed by atoms with Crippen molar-refractivity contribution in [2.24, 2.45) is 0 Å². The topological polar surface area (TPSA) is 112 Å². The van der Waals surface area contributed by atoms with E-state index >= 15 is 0 Å². The highest BCUT2D eigenvalue weighted by Gasteiger charge is 2.09. The smallest absolute Gasteiger partial charge is 0.0910 e. The number of fused-ring (bicyclic) bond motifs is 1. The van der Waals surface area contributed by atoms with Gasteiger partial charge >= 0.3 is 0 Å². The molecule has 43 heavy (non-hydrogen) atoms. The maximum absolute atomic E-state index is 6.86. The van der Waals surface area contributed by atoms with Gasteiger partial charge in [0.05, 0.1) is 22.4 Å². The van der Waals surface area contributed by atoms with Gasteiger partial charge in [0, 0.05) is 22.8 Å². The zero-order valence-electron chi connectivity index (χ0n) is 23.9. The van der Waals surface area contributed by atoms with Crippen molar-refractivity contribution in [3.05, 3.63) is 40.0 Å². The quantitative estimate of drug-likeness (QED) is 0.0802. The van der Waals surface area contributed by atoms with Gasteiger partial charge in [-0.3, -0.25) is 0 Å². The van der Waals surface area contributed by atoms with Crippen molar-refractivity contribution < 1.29 is 17.1 Å². The lowest BCUT2D eigenvalue weighted by molar-refractivity contribution is 0.653. The van der Waals surface area contributed by atoms with Crippen molar-refractivity contribution in [2.45, 2.75) is 72.6 Å². The van der Waals surface area contributed by atoms with Crippen LogP contribution < -0.4 is 5.73 Å². The SMILES string of the molecule is C.C#CC#CC#CC#CC#CC#CC#CC#CC#C.CCCCCCc1nc2ccc(N)cc2nc1CCCC.[HH].[HH].[HH].[HH].[HH].[HH].[HH].[HH].[HH].[HH].[HH].[HH].[N-]=[N+]=N. The lowest BCUT2D eigenvalue weighted by Crippen LogP contribution is -2.03. The number of unbranched alkanes of at least 4 members (excludes halogenated alkanes) is 4. The van der Waals surface area contributed by atoms with Gasteiger partial charge in [0.15, 0.2) is 0 Å². The lowest BCUT2D eigenvalue weighted by Gasteiger charge is -2.10. The summed E-state index contributed by atoms with van der Waals surface area (Å²) in [5, 5.41) is 0. The Labute approximate surface area is 275 Å². The first-order valence-corrected chi connectivity index (χ1v) is 13.0. The first-order chi connectivity index (χ1) is 20.6. The summed E-state index contributed by atoms with van der Waals surface area (Å²) < 4.78 is 0. The highest BCUT2D eigenvalue weighted by atomic mass is 15.0. The number of hydrogen-bond donors (Lipinski definition) is 2. The zero-order chi connectivity index (χ0) is 31.1. The number of anilines is 1. The van der Waals surface area contributed by atoms with E-state index in [0.29, 0.717) is 0 Å². The Morgan fingerprint density at radius 3 is 1.51 bits per heavy atom. The Balaban J connectivity index is -0.0000000391. The first-order valence-electron chi connectivity index (χ1n) is 13.0. The highest BCUT2D eigenvalue weighted by Crippen LogP contribution is 2.19. The highest BCUT2D eigenvalue weighted by molar-refractivity contribution is 5.78. The third-order valence-electron chi connectivity index (χ3n) is 4.83. The van der Waals surface area contributed by atoms with Gasteiger partial charge in [0.1, 0.15) is 0 Å². The zero-order valence-corrected chi connectivity index (χ0v) is 23.9. The molecule has 0 saturated carbocycles. The van der Waals surface area contributed by atoms with Gasteiger partial charge in [-0.05, 0) is 149 Å². The van der Waals surface area contributed by atoms with Crippen LogP contribution in [0.5, 0.6) is 0 Å². The van der Waals surface area contributed by atoms with Crippen LogP contribution in [0.4, 0.5) is 5.69 Å². The Hall–Kier alpha value is -6.29. The number of nitrogens with one attached hydrogen (secondary N) is 1. The molecule has 0 aliphatic rings. The molecule has 1 heterocycles. The molecule has 1 aromatic carbocycles. The van der Waals surface area contributed by atoms with Crippen molar-refractivity contribution >= 4 is 16.7 Å². The van der Waals surface area contributed by atoms with E-state index in [9.17, 15) is 0 Å². The Bertz CT molecular complexity index is 1720. The van der Waals surface area contributed by atoms with Gasteiger partial charge in [0.2, 0.25) is 0 Å². The van der Waals surface area contributed by atoms with Gasteiger partial charge in [-0.15, -0.1) is 18.4 Å². The van der Waals surface area contributed by atoms with Crippen LogP contribution >= 0.6 is 0 Å². The Morgan fingerprint density at radius 2 is 1.09 bits per heavy atom. The fraction of sp³-hybridized carbons (Fsp3) is 0.297. The lowest BCUT2D eigenvalue weighted by atomic mass is 10.1. The minimum Gasteiger partial charge on any atom is -0.399 e. The molecule has 2 rings (SSSR count). The third-order valence-corrected chi connectivity index (χ3v) is 4.83. The average molecular weight is 587 g/mol. The van der Waals surface area contributed by atoms with Crippen LogP contribution in [0, 0.1) is 113 Å². The summed E-state index contributed by atoms with van der Waals surface area (Å²) in [6.45, 7) is 4.46. The van der Waals surface area contributed by atoms with Crippen LogP contribution in [0.3, 0.4) is 0 Å². The molecule has 0 aliphatic heterocycles. The molecule has 0 amide bonds. The fourth-order valence-electron chi connectivity index (χ4n) is 3.06. The number of rotatable bonds is 8. The van der Waals surface area contributed by atoms with Crippen LogP contribution in [0.25, 0.3) is 21.5 Å². The molecule has 0 radical (unpaired) electrons. The van der Waals surface area contributed by atoms with Gasteiger partial charge < -0.3 is 5.73 Å². The summed E-state index contributed by atoms with van der Waals surface area (Å²) in [6, 6.07) is 5.82. The third kappa shape index (κ3) is 21.2. The fourth-order valence-corrected chi connectivity index (χ4v) is 3.06. The van der Waals surface area contributed by atoms with E-state index in [4.69, 9.17) is 39.6 Å². The second-order valence-electron chi connectivity index (χ2n) is 7.92. The maximum Gasteiger partial charge on any atom is 0.0910 e. The Kier molecular flexibility index (Phi) is 25.9. The number of aryl methyl sites for hydroxylation is 2. The molecule has 2 aromatic rings. The van der Waals surface area contributed by atoms with E-state index in [2.05, 4.69) is 109 Å². The van der Waals surface area contributed by atoms with E-state index < -0.39 is 0 Å². The van der Waals surface area contributed by atoms with E-state index in [0.717, 1.165) is 29.6 Å². The summed E-state index contributed by atoms with van der Waals surface area (Å²) in [6.07, 6.45) is 19.3. The molecule has 0 fully saturated rings. The summed E-state index contributed by atoms with van der Waals surface area (Å²) >= 11 is 0. The number of aromatic nitrogens is 2. The second-order valence-corrected chi connectivity index (χ2v) is 7.92. The van der Waals surface area contributed by atoms with Gasteiger partial charge in [-0.25, -0.2) is 9.97 Å². The summed E-state index contributed by atoms with van der Waals surface area (Å²) in [4.78, 5) is 11.4. The van der Waals surface area contributed by atoms with Crippen LogP contribution in [0.15, 0.2) is 18.2 Å². The number of hydrogen-bond acceptors (Lipinski definition) is 4. The second kappa shape index (κ2) is 28.7. The van der Waals surface area contributed by atoms with Gasteiger partial charge in [-0.2, -0.15) is 0 Å². The van der Waals surface area contributed by atoms with E-state index in [1.165, 1.54) is 49.9 Å². The molecular weight excluding hydrogens is 528 g/mol. The van der Waals surface area contributed by atoms with Gasteiger partial charge in [-0.1, -0.05) is 47.0 Å². The molecule has 1 aromatic heterocycles. The van der Waals surface area contributed by atoms with E-state index in [1.807, 2.05) is 18.2 Å². The molecule has 0 saturated heterocycles. The predicted molar refractivity (Wildman–Crippen MR) is 204 cm³/mol. The predicted octanol–water partition coefficient (Wildman–Crippen LogP) is 9.42. The molecular formula is C37H58N6. The van der Waals surface area contributed by atoms with Crippen LogP contribution in [-0.4, -0.2) is 9.97 Å². The largest absolute Gasteiger partial charge is 0.399 e. The Morgan fingerprint density at radius 1 is 0.698 bits per heavy atom. The summed E-state index contributed by atoms with van der Waals surface area (Å²) in [5.41, 5.74) is 23.1. The number of terminal acetylenes is 2. The number of benzene rings is 1. The molecule has 6 nitrogen and oxygen atoms in total. The monoisotopic (exact) mass is 586 g/mol.